The zero-order valence-electron chi connectivity index (χ0n) is 6.26. The van der Waals surface area contributed by atoms with Gasteiger partial charge in [-0.3, -0.25) is 4.98 Å². The van der Waals surface area contributed by atoms with Crippen molar-refractivity contribution in [3.63, 3.8) is 0 Å². The summed E-state index contributed by atoms with van der Waals surface area (Å²) in [4.78, 5) is 4.18. The van der Waals surface area contributed by atoms with Gasteiger partial charge in [0.1, 0.15) is 0 Å². The zero-order chi connectivity index (χ0) is 7.84. The van der Waals surface area contributed by atoms with Crippen LogP contribution in [0.1, 0.15) is 23.1 Å². The molecule has 0 bridgehead atoms. The first-order valence-corrected chi connectivity index (χ1v) is 4.38. The van der Waals surface area contributed by atoms with E-state index in [4.69, 9.17) is 23.2 Å². The second-order valence-corrected chi connectivity index (χ2v) is 3.60. The molecule has 0 aromatic carbocycles. The lowest BCUT2D eigenvalue weighted by Crippen LogP contribution is -1.88. The lowest BCUT2D eigenvalue weighted by molar-refractivity contribution is 0.867. The highest BCUT2D eigenvalue weighted by Gasteiger charge is 2.23. The Bertz CT molecular complexity index is 288. The topological polar surface area (TPSA) is 12.9 Å². The van der Waals surface area contributed by atoms with Crippen molar-refractivity contribution in [1.82, 2.24) is 4.98 Å². The summed E-state index contributed by atoms with van der Waals surface area (Å²) in [5.41, 5.74) is 2.10. The predicted molar refractivity (Wildman–Crippen MR) is 53.4 cm³/mol. The molecule has 66 valence electrons. The Labute approximate surface area is 87.5 Å². The Hall–Kier alpha value is 0.0200. The second-order valence-electron chi connectivity index (χ2n) is 2.66. The van der Waals surface area contributed by atoms with Gasteiger partial charge in [0.15, 0.2) is 0 Å². The van der Waals surface area contributed by atoms with Crippen LogP contribution in [0.25, 0.3) is 0 Å². The third-order valence-electron chi connectivity index (χ3n) is 1.98. The van der Waals surface area contributed by atoms with Gasteiger partial charge in [-0.05, 0) is 24.5 Å². The van der Waals surface area contributed by atoms with E-state index in [1.165, 1.54) is 0 Å². The third kappa shape index (κ3) is 1.54. The Morgan fingerprint density at radius 3 is 2.92 bits per heavy atom. The number of aromatic nitrogens is 1. The molecule has 0 N–H and O–H groups in total. The summed E-state index contributed by atoms with van der Waals surface area (Å²) in [7, 11) is 0. The highest BCUT2D eigenvalue weighted by molar-refractivity contribution is 6.31. The summed E-state index contributed by atoms with van der Waals surface area (Å²) in [6, 6.07) is 1.81. The van der Waals surface area contributed by atoms with Gasteiger partial charge in [0.2, 0.25) is 0 Å². The van der Waals surface area contributed by atoms with Crippen molar-refractivity contribution >= 4 is 35.6 Å². The van der Waals surface area contributed by atoms with E-state index in [2.05, 4.69) is 4.98 Å². The van der Waals surface area contributed by atoms with Crippen molar-refractivity contribution in [1.29, 1.82) is 0 Å². The normalized spacial score (nSPS) is 20.0. The summed E-state index contributed by atoms with van der Waals surface area (Å²) in [5.74, 6) is 0. The van der Waals surface area contributed by atoms with Crippen LogP contribution in [0.2, 0.25) is 5.02 Å². The smallest absolute Gasteiger partial charge is 0.0763 e. The van der Waals surface area contributed by atoms with Gasteiger partial charge in [0, 0.05) is 11.2 Å². The molecular weight excluding hydrogens is 216 g/mol. The fourth-order valence-electron chi connectivity index (χ4n) is 1.41. The molecule has 12 heavy (non-hydrogen) atoms. The maximum atomic E-state index is 5.99. The van der Waals surface area contributed by atoms with Gasteiger partial charge < -0.3 is 0 Å². The molecule has 1 aromatic rings. The predicted octanol–water partition coefficient (Wildman–Crippen LogP) is 3.38. The largest absolute Gasteiger partial charge is 0.259 e. The number of halogens is 3. The number of hydrogen-bond acceptors (Lipinski definition) is 1. The first-order chi connectivity index (χ1) is 5.29. The van der Waals surface area contributed by atoms with Crippen LogP contribution >= 0.6 is 35.6 Å². The SMILES string of the molecule is Cl.Clc1ccnc2c1CCC2Cl. The summed E-state index contributed by atoms with van der Waals surface area (Å²) in [6.45, 7) is 0. The van der Waals surface area contributed by atoms with E-state index in [9.17, 15) is 0 Å². The minimum atomic E-state index is 0. The lowest BCUT2D eigenvalue weighted by atomic mass is 10.2. The molecule has 0 amide bonds. The van der Waals surface area contributed by atoms with Gasteiger partial charge in [-0.25, -0.2) is 0 Å². The summed E-state index contributed by atoms with van der Waals surface area (Å²) in [6.07, 6.45) is 3.64. The Morgan fingerprint density at radius 2 is 2.25 bits per heavy atom. The molecule has 0 radical (unpaired) electrons. The van der Waals surface area contributed by atoms with Gasteiger partial charge in [-0.15, -0.1) is 24.0 Å². The van der Waals surface area contributed by atoms with E-state index in [0.29, 0.717) is 0 Å². The number of hydrogen-bond donors (Lipinski definition) is 0. The standard InChI is InChI=1S/C8H7Cl2N.ClH/c9-6-3-4-11-8-5(6)1-2-7(8)10;/h3-4,7H,1-2H2;1H. The average Bonchev–Trinajstić information content (AvgIpc) is 2.35. The van der Waals surface area contributed by atoms with Gasteiger partial charge in [-0.2, -0.15) is 0 Å². The molecular formula is C8H8Cl3N. The van der Waals surface area contributed by atoms with E-state index in [0.717, 1.165) is 29.1 Å². The van der Waals surface area contributed by atoms with Crippen LogP contribution in [0.5, 0.6) is 0 Å². The van der Waals surface area contributed by atoms with Crippen LogP contribution < -0.4 is 0 Å². The van der Waals surface area contributed by atoms with E-state index in [-0.39, 0.29) is 17.8 Å². The van der Waals surface area contributed by atoms with Crippen LogP contribution in [0.3, 0.4) is 0 Å². The third-order valence-corrected chi connectivity index (χ3v) is 2.76. The van der Waals surface area contributed by atoms with Crippen molar-refractivity contribution in [2.75, 3.05) is 0 Å². The molecule has 0 saturated carbocycles. The molecule has 1 aromatic heterocycles. The number of nitrogens with zero attached hydrogens (tertiary/aromatic N) is 1. The molecule has 0 fully saturated rings. The molecule has 0 spiro atoms. The van der Waals surface area contributed by atoms with Crippen LogP contribution in [0.15, 0.2) is 12.3 Å². The van der Waals surface area contributed by atoms with Gasteiger partial charge in [0.05, 0.1) is 11.1 Å². The van der Waals surface area contributed by atoms with E-state index >= 15 is 0 Å². The molecule has 1 atom stereocenters. The van der Waals surface area contributed by atoms with Crippen molar-refractivity contribution in [3.05, 3.63) is 28.5 Å². The molecule has 4 heteroatoms. The monoisotopic (exact) mass is 223 g/mol. The van der Waals surface area contributed by atoms with E-state index in [1.807, 2.05) is 6.07 Å². The first kappa shape index (κ1) is 10.1. The number of pyridine rings is 1. The number of rotatable bonds is 0. The minimum absolute atomic E-state index is 0. The first-order valence-electron chi connectivity index (χ1n) is 3.56. The van der Waals surface area contributed by atoms with E-state index in [1.54, 1.807) is 6.20 Å². The maximum absolute atomic E-state index is 5.99. The lowest BCUT2D eigenvalue weighted by Gasteiger charge is -2.00. The van der Waals surface area contributed by atoms with Gasteiger partial charge >= 0.3 is 0 Å². The van der Waals surface area contributed by atoms with E-state index < -0.39 is 0 Å². The minimum Gasteiger partial charge on any atom is -0.259 e. The fraction of sp³-hybridized carbons (Fsp3) is 0.375. The molecule has 1 unspecified atom stereocenters. The van der Waals surface area contributed by atoms with Crippen molar-refractivity contribution in [2.45, 2.75) is 18.2 Å². The highest BCUT2D eigenvalue weighted by Crippen LogP contribution is 2.37. The average molecular weight is 225 g/mol. The quantitative estimate of drug-likeness (QED) is 0.616. The Balaban J connectivity index is 0.000000720. The van der Waals surface area contributed by atoms with Crippen LogP contribution in [0.4, 0.5) is 0 Å². The second kappa shape index (κ2) is 3.82. The van der Waals surface area contributed by atoms with Gasteiger partial charge in [-0.1, -0.05) is 11.6 Å². The number of fused-ring (bicyclic) bond motifs is 1. The maximum Gasteiger partial charge on any atom is 0.0763 e. The fourth-order valence-corrected chi connectivity index (χ4v) is 1.95. The molecule has 1 aliphatic carbocycles. The Morgan fingerprint density at radius 1 is 1.50 bits per heavy atom. The van der Waals surface area contributed by atoms with Crippen LogP contribution in [-0.2, 0) is 6.42 Å². The molecule has 0 aliphatic heterocycles. The Kier molecular flexibility index (Phi) is 3.22. The number of alkyl halides is 1. The zero-order valence-corrected chi connectivity index (χ0v) is 8.59. The van der Waals surface area contributed by atoms with Crippen molar-refractivity contribution in [2.24, 2.45) is 0 Å². The molecule has 2 rings (SSSR count). The van der Waals surface area contributed by atoms with Crippen molar-refractivity contribution < 1.29 is 0 Å². The highest BCUT2D eigenvalue weighted by atomic mass is 35.5. The molecule has 1 aliphatic rings. The van der Waals surface area contributed by atoms with Crippen LogP contribution in [-0.4, -0.2) is 4.98 Å². The molecule has 1 heterocycles. The summed E-state index contributed by atoms with van der Waals surface area (Å²) >= 11 is 11.9. The van der Waals surface area contributed by atoms with Gasteiger partial charge in [0.25, 0.3) is 0 Å². The van der Waals surface area contributed by atoms with Crippen molar-refractivity contribution in [3.8, 4) is 0 Å². The molecule has 1 nitrogen and oxygen atoms in total. The van der Waals surface area contributed by atoms with Crippen LogP contribution in [0, 0.1) is 0 Å². The summed E-state index contributed by atoms with van der Waals surface area (Å²) in [5, 5.41) is 0.877. The molecule has 0 saturated heterocycles. The summed E-state index contributed by atoms with van der Waals surface area (Å²) < 4.78 is 0.